The Kier molecular flexibility index (Phi) is 5.83. The van der Waals surface area contributed by atoms with E-state index in [0.717, 1.165) is 45.7 Å². The van der Waals surface area contributed by atoms with Crippen molar-refractivity contribution in [2.75, 3.05) is 39.3 Å². The molecule has 4 nitrogen and oxygen atoms in total. The SMILES string of the molecule is CC#CC(=O)NCCCN1CCNCC1. The van der Waals surface area contributed by atoms with Gasteiger partial charge in [0.2, 0.25) is 0 Å². The highest BCUT2D eigenvalue weighted by Crippen LogP contribution is 1.93. The summed E-state index contributed by atoms with van der Waals surface area (Å²) < 4.78 is 0. The second-order valence-corrected chi connectivity index (χ2v) is 3.58. The maximum absolute atomic E-state index is 11.0. The van der Waals surface area contributed by atoms with Crippen LogP contribution in [-0.2, 0) is 4.79 Å². The standard InChI is InChI=1S/C11H19N3O/c1-2-4-11(15)13-5-3-8-14-9-6-12-7-10-14/h12H,3,5-10H2,1H3,(H,13,15). The maximum Gasteiger partial charge on any atom is 0.295 e. The van der Waals surface area contributed by atoms with Crippen molar-refractivity contribution in [3.05, 3.63) is 0 Å². The Hall–Kier alpha value is -1.05. The summed E-state index contributed by atoms with van der Waals surface area (Å²) >= 11 is 0. The van der Waals surface area contributed by atoms with E-state index < -0.39 is 0 Å². The molecule has 0 aromatic heterocycles. The molecule has 15 heavy (non-hydrogen) atoms. The van der Waals surface area contributed by atoms with Gasteiger partial charge in [-0.2, -0.15) is 0 Å². The molecule has 1 rings (SSSR count). The lowest BCUT2D eigenvalue weighted by molar-refractivity contribution is -0.115. The van der Waals surface area contributed by atoms with Crippen molar-refractivity contribution in [3.63, 3.8) is 0 Å². The Morgan fingerprint density at radius 2 is 2.20 bits per heavy atom. The van der Waals surface area contributed by atoms with Crippen molar-refractivity contribution in [1.29, 1.82) is 0 Å². The van der Waals surface area contributed by atoms with E-state index >= 15 is 0 Å². The van der Waals surface area contributed by atoms with Crippen LogP contribution in [0.2, 0.25) is 0 Å². The summed E-state index contributed by atoms with van der Waals surface area (Å²) in [6.07, 6.45) is 0.997. The van der Waals surface area contributed by atoms with Gasteiger partial charge < -0.3 is 15.5 Å². The molecule has 0 radical (unpaired) electrons. The number of hydrogen-bond donors (Lipinski definition) is 2. The van der Waals surface area contributed by atoms with Gasteiger partial charge in [-0.1, -0.05) is 5.92 Å². The zero-order valence-electron chi connectivity index (χ0n) is 9.31. The fraction of sp³-hybridized carbons (Fsp3) is 0.727. The summed E-state index contributed by atoms with van der Waals surface area (Å²) in [5, 5.41) is 6.08. The van der Waals surface area contributed by atoms with E-state index in [1.54, 1.807) is 6.92 Å². The molecule has 0 spiro atoms. The highest BCUT2D eigenvalue weighted by molar-refractivity contribution is 5.93. The number of nitrogens with one attached hydrogen (secondary N) is 2. The normalized spacial score (nSPS) is 16.6. The summed E-state index contributed by atoms with van der Waals surface area (Å²) in [6.45, 7) is 7.83. The average Bonchev–Trinajstić information content (AvgIpc) is 2.26. The summed E-state index contributed by atoms with van der Waals surface area (Å²) in [5.74, 6) is 4.87. The van der Waals surface area contributed by atoms with Gasteiger partial charge in [-0.3, -0.25) is 4.79 Å². The van der Waals surface area contributed by atoms with Crippen LogP contribution >= 0.6 is 0 Å². The first-order valence-electron chi connectivity index (χ1n) is 5.46. The molecular formula is C11H19N3O. The third-order valence-corrected chi connectivity index (χ3v) is 2.38. The minimum Gasteiger partial charge on any atom is -0.345 e. The number of hydrogen-bond acceptors (Lipinski definition) is 3. The van der Waals surface area contributed by atoms with E-state index in [2.05, 4.69) is 27.4 Å². The summed E-state index contributed by atoms with van der Waals surface area (Å²) in [4.78, 5) is 13.4. The Labute approximate surface area is 91.4 Å². The van der Waals surface area contributed by atoms with Crippen LogP contribution in [0.1, 0.15) is 13.3 Å². The first-order chi connectivity index (χ1) is 7.33. The summed E-state index contributed by atoms with van der Waals surface area (Å²) in [6, 6.07) is 0. The Bertz CT molecular complexity index is 248. The molecule has 0 aromatic rings. The van der Waals surface area contributed by atoms with Crippen LogP contribution < -0.4 is 10.6 Å². The van der Waals surface area contributed by atoms with E-state index in [0.29, 0.717) is 0 Å². The third-order valence-electron chi connectivity index (χ3n) is 2.38. The van der Waals surface area contributed by atoms with Gasteiger partial charge in [-0.25, -0.2) is 0 Å². The summed E-state index contributed by atoms with van der Waals surface area (Å²) in [5.41, 5.74) is 0. The average molecular weight is 209 g/mol. The molecule has 4 heteroatoms. The second-order valence-electron chi connectivity index (χ2n) is 3.58. The Morgan fingerprint density at radius 3 is 2.87 bits per heavy atom. The Balaban J connectivity index is 2.00. The van der Waals surface area contributed by atoms with Crippen LogP contribution in [0.4, 0.5) is 0 Å². The number of piperazine rings is 1. The molecule has 1 aliphatic rings. The van der Waals surface area contributed by atoms with Gasteiger partial charge in [0.05, 0.1) is 0 Å². The van der Waals surface area contributed by atoms with Gasteiger partial charge in [-0.05, 0) is 25.8 Å². The maximum atomic E-state index is 11.0. The summed E-state index contributed by atoms with van der Waals surface area (Å²) in [7, 11) is 0. The third kappa shape index (κ3) is 5.40. The van der Waals surface area contributed by atoms with Gasteiger partial charge in [-0.15, -0.1) is 0 Å². The molecule has 0 saturated carbocycles. The molecule has 2 N–H and O–H groups in total. The van der Waals surface area contributed by atoms with Gasteiger partial charge in [0.1, 0.15) is 0 Å². The monoisotopic (exact) mass is 209 g/mol. The van der Waals surface area contributed by atoms with Gasteiger partial charge in [0.15, 0.2) is 0 Å². The van der Waals surface area contributed by atoms with Crippen LogP contribution in [0.3, 0.4) is 0 Å². The molecule has 1 saturated heterocycles. The second kappa shape index (κ2) is 7.27. The van der Waals surface area contributed by atoms with Crippen LogP contribution in [0, 0.1) is 11.8 Å². The highest BCUT2D eigenvalue weighted by atomic mass is 16.1. The van der Waals surface area contributed by atoms with Crippen molar-refractivity contribution in [2.24, 2.45) is 0 Å². The molecule has 0 unspecified atom stereocenters. The number of rotatable bonds is 4. The molecule has 0 aromatic carbocycles. The Morgan fingerprint density at radius 1 is 1.47 bits per heavy atom. The van der Waals surface area contributed by atoms with E-state index in [9.17, 15) is 4.79 Å². The van der Waals surface area contributed by atoms with E-state index in [1.165, 1.54) is 0 Å². The highest BCUT2D eigenvalue weighted by Gasteiger charge is 2.08. The molecule has 0 bridgehead atoms. The van der Waals surface area contributed by atoms with Crippen LogP contribution in [-0.4, -0.2) is 50.1 Å². The molecular weight excluding hydrogens is 190 g/mol. The fourth-order valence-corrected chi connectivity index (χ4v) is 1.60. The van der Waals surface area contributed by atoms with Crippen LogP contribution in [0.5, 0.6) is 0 Å². The van der Waals surface area contributed by atoms with E-state index in [-0.39, 0.29) is 5.91 Å². The molecule has 84 valence electrons. The quantitative estimate of drug-likeness (QED) is 0.481. The van der Waals surface area contributed by atoms with Crippen LogP contribution in [0.15, 0.2) is 0 Å². The molecule has 1 fully saturated rings. The van der Waals surface area contributed by atoms with E-state index in [4.69, 9.17) is 0 Å². The predicted molar refractivity (Wildman–Crippen MR) is 60.4 cm³/mol. The topological polar surface area (TPSA) is 44.4 Å². The zero-order chi connectivity index (χ0) is 10.9. The lowest BCUT2D eigenvalue weighted by Gasteiger charge is -2.26. The van der Waals surface area contributed by atoms with Gasteiger partial charge in [0.25, 0.3) is 5.91 Å². The minimum atomic E-state index is -0.169. The largest absolute Gasteiger partial charge is 0.345 e. The van der Waals surface area contributed by atoms with Crippen molar-refractivity contribution < 1.29 is 4.79 Å². The van der Waals surface area contributed by atoms with Crippen molar-refractivity contribution in [3.8, 4) is 11.8 Å². The number of nitrogens with zero attached hydrogens (tertiary/aromatic N) is 1. The van der Waals surface area contributed by atoms with Gasteiger partial charge >= 0.3 is 0 Å². The van der Waals surface area contributed by atoms with Crippen molar-refractivity contribution in [2.45, 2.75) is 13.3 Å². The lowest BCUT2D eigenvalue weighted by Crippen LogP contribution is -2.44. The predicted octanol–water partition coefficient (Wildman–Crippen LogP) is -0.579. The van der Waals surface area contributed by atoms with Crippen molar-refractivity contribution in [1.82, 2.24) is 15.5 Å². The number of amides is 1. The first-order valence-corrected chi connectivity index (χ1v) is 5.46. The van der Waals surface area contributed by atoms with Gasteiger partial charge in [0, 0.05) is 32.7 Å². The molecule has 0 aliphatic carbocycles. The van der Waals surface area contributed by atoms with Crippen molar-refractivity contribution >= 4 is 5.91 Å². The number of carbonyl (C=O) groups excluding carboxylic acids is 1. The smallest absolute Gasteiger partial charge is 0.295 e. The molecule has 0 atom stereocenters. The lowest BCUT2D eigenvalue weighted by atomic mass is 10.3. The minimum absolute atomic E-state index is 0.169. The van der Waals surface area contributed by atoms with E-state index in [1.807, 2.05) is 0 Å². The molecule has 1 amide bonds. The van der Waals surface area contributed by atoms with Crippen LogP contribution in [0.25, 0.3) is 0 Å². The fourth-order valence-electron chi connectivity index (χ4n) is 1.60. The first kappa shape index (κ1) is 12.0. The molecule has 1 aliphatic heterocycles. The molecule has 1 heterocycles. The number of carbonyl (C=O) groups is 1. The zero-order valence-corrected chi connectivity index (χ0v) is 9.31.